The molecule has 0 unspecified atom stereocenters. The lowest BCUT2D eigenvalue weighted by Crippen LogP contribution is -2.09. The van der Waals surface area contributed by atoms with Gasteiger partial charge in [-0.15, -0.1) is 22.7 Å². The van der Waals surface area contributed by atoms with E-state index in [4.69, 9.17) is 4.98 Å². The fourth-order valence-electron chi connectivity index (χ4n) is 7.88. The fourth-order valence-corrected chi connectivity index (χ4v) is 10.1. The molecule has 0 fully saturated rings. The van der Waals surface area contributed by atoms with E-state index in [1.54, 1.807) is 11.3 Å². The molecule has 0 spiro atoms. The predicted molar refractivity (Wildman–Crippen MR) is 239 cm³/mol. The van der Waals surface area contributed by atoms with Crippen LogP contribution in [-0.4, -0.2) is 4.98 Å². The van der Waals surface area contributed by atoms with E-state index in [1.807, 2.05) is 11.3 Å². The zero-order valence-electron chi connectivity index (χ0n) is 29.7. The van der Waals surface area contributed by atoms with Gasteiger partial charge >= 0.3 is 0 Å². The molecule has 2 nitrogen and oxygen atoms in total. The number of para-hydroxylation sites is 1. The highest BCUT2D eigenvalue weighted by Gasteiger charge is 2.16. The summed E-state index contributed by atoms with van der Waals surface area (Å²) in [4.78, 5) is 7.45. The second-order valence-electron chi connectivity index (χ2n) is 14.0. The Kier molecular flexibility index (Phi) is 7.58. The Morgan fingerprint density at radius 2 is 0.945 bits per heavy atom. The molecule has 0 radical (unpaired) electrons. The number of thiazole rings is 1. The summed E-state index contributed by atoms with van der Waals surface area (Å²) in [6.45, 7) is 0. The SMILES string of the molecule is c1ccc(N(c2ccc(-c3ccc4ccccc4c3)cc2)c2ccc(-c3cccc4c3sc3cc5nc(-c6ccc7ccccc7c6)sc5cc34)cc2)cc1. The molecular weight excluding hydrogens is 705 g/mol. The molecular formula is C51H32N2S2. The van der Waals surface area contributed by atoms with Gasteiger partial charge in [-0.1, -0.05) is 133 Å². The molecule has 9 aromatic carbocycles. The molecule has 0 N–H and O–H groups in total. The Labute approximate surface area is 326 Å². The topological polar surface area (TPSA) is 16.1 Å². The van der Waals surface area contributed by atoms with Crippen LogP contribution in [0.15, 0.2) is 194 Å². The maximum absolute atomic E-state index is 5.12. The summed E-state index contributed by atoms with van der Waals surface area (Å²) < 4.78 is 3.79. The molecule has 55 heavy (non-hydrogen) atoms. The number of nitrogens with zero attached hydrogens (tertiary/aromatic N) is 2. The molecule has 0 saturated carbocycles. The molecule has 0 amide bonds. The van der Waals surface area contributed by atoms with Crippen LogP contribution in [0.25, 0.3) is 84.8 Å². The molecule has 11 rings (SSSR count). The van der Waals surface area contributed by atoms with Crippen LogP contribution in [0, 0.1) is 0 Å². The average Bonchev–Trinajstić information content (AvgIpc) is 3.84. The van der Waals surface area contributed by atoms with E-state index in [0.29, 0.717) is 0 Å². The van der Waals surface area contributed by atoms with Crippen molar-refractivity contribution in [2.75, 3.05) is 4.90 Å². The zero-order valence-corrected chi connectivity index (χ0v) is 31.3. The van der Waals surface area contributed by atoms with E-state index in [1.165, 1.54) is 74.2 Å². The normalized spacial score (nSPS) is 11.6. The van der Waals surface area contributed by atoms with Gasteiger partial charge in [-0.3, -0.25) is 0 Å². The average molecular weight is 737 g/mol. The first-order valence-corrected chi connectivity index (χ1v) is 20.2. The summed E-state index contributed by atoms with van der Waals surface area (Å²) in [7, 11) is 0. The van der Waals surface area contributed by atoms with Crippen LogP contribution in [0.5, 0.6) is 0 Å². The van der Waals surface area contributed by atoms with Crippen LogP contribution in [-0.2, 0) is 0 Å². The minimum absolute atomic E-state index is 1.06. The number of benzene rings is 9. The molecule has 0 aliphatic heterocycles. The van der Waals surface area contributed by atoms with Gasteiger partial charge in [-0.2, -0.15) is 0 Å². The summed E-state index contributed by atoms with van der Waals surface area (Å²) in [6, 6.07) is 70.3. The monoisotopic (exact) mass is 736 g/mol. The first kappa shape index (κ1) is 31.9. The maximum atomic E-state index is 5.12. The summed E-state index contributed by atoms with van der Waals surface area (Å²) >= 11 is 3.64. The number of hydrogen-bond donors (Lipinski definition) is 0. The van der Waals surface area contributed by atoms with E-state index >= 15 is 0 Å². The summed E-state index contributed by atoms with van der Waals surface area (Å²) in [5.74, 6) is 0. The van der Waals surface area contributed by atoms with E-state index in [2.05, 4.69) is 199 Å². The van der Waals surface area contributed by atoms with Gasteiger partial charge in [0, 0.05) is 42.8 Å². The Morgan fingerprint density at radius 3 is 1.65 bits per heavy atom. The van der Waals surface area contributed by atoms with Crippen LogP contribution in [0.3, 0.4) is 0 Å². The van der Waals surface area contributed by atoms with Gasteiger partial charge in [0.15, 0.2) is 0 Å². The second kappa shape index (κ2) is 13.1. The zero-order chi connectivity index (χ0) is 36.3. The minimum atomic E-state index is 1.06. The van der Waals surface area contributed by atoms with Crippen LogP contribution >= 0.6 is 22.7 Å². The molecule has 0 saturated heterocycles. The van der Waals surface area contributed by atoms with Crippen LogP contribution in [0.2, 0.25) is 0 Å². The molecule has 0 aliphatic rings. The molecule has 11 aromatic rings. The Balaban J connectivity index is 0.932. The van der Waals surface area contributed by atoms with Crippen LogP contribution in [0.4, 0.5) is 17.1 Å². The molecule has 0 bridgehead atoms. The third-order valence-corrected chi connectivity index (χ3v) is 12.9. The van der Waals surface area contributed by atoms with Gasteiger partial charge in [0.05, 0.1) is 10.2 Å². The van der Waals surface area contributed by atoms with Crippen molar-refractivity contribution in [1.82, 2.24) is 4.98 Å². The standard InChI is InChI=1S/C51H32N2S2/c1-2-13-41(14-3-1)53(42-25-21-35(22-26-42)39-19-17-33-9-4-6-11-37(33)29-39)43-27-23-36(24-28-43)44-15-8-16-45-46-31-49-47(32-48(46)54-50(44)45)52-51(55-49)40-20-18-34-10-5-7-12-38(34)30-40/h1-32H. The predicted octanol–water partition coefficient (Wildman–Crippen LogP) is 15.4. The third-order valence-electron chi connectivity index (χ3n) is 10.7. The van der Waals surface area contributed by atoms with Crippen molar-refractivity contribution in [3.8, 4) is 32.8 Å². The number of thiophene rings is 1. The minimum Gasteiger partial charge on any atom is -0.311 e. The second-order valence-corrected chi connectivity index (χ2v) is 16.1. The lowest BCUT2D eigenvalue weighted by molar-refractivity contribution is 1.28. The summed E-state index contributed by atoms with van der Waals surface area (Å²) in [5, 5.41) is 8.66. The number of anilines is 3. The van der Waals surface area contributed by atoms with E-state index in [-0.39, 0.29) is 0 Å². The molecule has 0 atom stereocenters. The quantitative estimate of drug-likeness (QED) is 0.169. The van der Waals surface area contributed by atoms with Crippen molar-refractivity contribution in [3.05, 3.63) is 194 Å². The van der Waals surface area contributed by atoms with Gasteiger partial charge in [-0.05, 0) is 104 Å². The largest absolute Gasteiger partial charge is 0.311 e. The Bertz CT molecular complexity index is 3200. The molecule has 2 heterocycles. The molecule has 4 heteroatoms. The molecule has 258 valence electrons. The van der Waals surface area contributed by atoms with Crippen LogP contribution < -0.4 is 4.90 Å². The smallest absolute Gasteiger partial charge is 0.124 e. The fraction of sp³-hybridized carbons (Fsp3) is 0. The van der Waals surface area contributed by atoms with Crippen molar-refractivity contribution in [1.29, 1.82) is 0 Å². The van der Waals surface area contributed by atoms with Crippen molar-refractivity contribution >= 4 is 91.7 Å². The number of rotatable bonds is 6. The Morgan fingerprint density at radius 1 is 0.364 bits per heavy atom. The summed E-state index contributed by atoms with van der Waals surface area (Å²) in [6.07, 6.45) is 0. The van der Waals surface area contributed by atoms with Crippen LogP contribution in [0.1, 0.15) is 0 Å². The molecule has 0 aliphatic carbocycles. The van der Waals surface area contributed by atoms with Gasteiger partial charge in [0.25, 0.3) is 0 Å². The maximum Gasteiger partial charge on any atom is 0.124 e. The van der Waals surface area contributed by atoms with Crippen molar-refractivity contribution < 1.29 is 0 Å². The first-order chi connectivity index (χ1) is 27.2. The van der Waals surface area contributed by atoms with Crippen molar-refractivity contribution in [3.63, 3.8) is 0 Å². The lowest BCUT2D eigenvalue weighted by atomic mass is 10.0. The molecule has 2 aromatic heterocycles. The van der Waals surface area contributed by atoms with Crippen molar-refractivity contribution in [2.24, 2.45) is 0 Å². The lowest BCUT2D eigenvalue weighted by Gasteiger charge is -2.26. The van der Waals surface area contributed by atoms with Crippen molar-refractivity contribution in [2.45, 2.75) is 0 Å². The van der Waals surface area contributed by atoms with Gasteiger partial charge in [-0.25, -0.2) is 4.98 Å². The van der Waals surface area contributed by atoms with Gasteiger partial charge in [0.2, 0.25) is 0 Å². The van der Waals surface area contributed by atoms with Gasteiger partial charge < -0.3 is 4.90 Å². The van der Waals surface area contributed by atoms with Gasteiger partial charge in [0.1, 0.15) is 5.01 Å². The third kappa shape index (κ3) is 5.66. The van der Waals surface area contributed by atoms with E-state index in [9.17, 15) is 0 Å². The van der Waals surface area contributed by atoms with E-state index in [0.717, 1.165) is 27.6 Å². The number of hydrogen-bond acceptors (Lipinski definition) is 4. The number of fused-ring (bicyclic) bond motifs is 6. The Hall–Kier alpha value is -6.59. The first-order valence-electron chi connectivity index (χ1n) is 18.5. The highest BCUT2D eigenvalue weighted by atomic mass is 32.1. The number of aromatic nitrogens is 1. The highest BCUT2D eigenvalue weighted by Crippen LogP contribution is 2.44. The van der Waals surface area contributed by atoms with E-state index < -0.39 is 0 Å². The summed E-state index contributed by atoms with van der Waals surface area (Å²) in [5.41, 5.74) is 10.5. The highest BCUT2D eigenvalue weighted by molar-refractivity contribution is 7.26.